The van der Waals surface area contributed by atoms with E-state index in [-0.39, 0.29) is 0 Å². The molecule has 0 saturated carbocycles. The van der Waals surface area contributed by atoms with Gasteiger partial charge in [0.1, 0.15) is 0 Å². The predicted molar refractivity (Wildman–Crippen MR) is 111 cm³/mol. The van der Waals surface area contributed by atoms with Crippen molar-refractivity contribution in [1.29, 1.82) is 0 Å². The number of rotatable bonds is 4. The Kier molecular flexibility index (Phi) is 4.66. The van der Waals surface area contributed by atoms with Crippen LogP contribution >= 0.6 is 11.3 Å². The highest BCUT2D eigenvalue weighted by Crippen LogP contribution is 2.32. The van der Waals surface area contributed by atoms with Gasteiger partial charge in [0.25, 0.3) is 5.89 Å². The van der Waals surface area contributed by atoms with Gasteiger partial charge in [0.05, 0.1) is 10.4 Å². The van der Waals surface area contributed by atoms with Gasteiger partial charge in [0.15, 0.2) is 0 Å². The van der Waals surface area contributed by atoms with E-state index in [1.54, 1.807) is 11.3 Å². The van der Waals surface area contributed by atoms with Crippen molar-refractivity contribution in [3.63, 3.8) is 0 Å². The molecule has 0 aliphatic carbocycles. The van der Waals surface area contributed by atoms with Crippen LogP contribution in [-0.4, -0.2) is 33.2 Å². The maximum Gasteiger partial charge on any atom is 0.257 e. The number of pyridine rings is 1. The maximum atomic E-state index is 5.99. The first-order valence-corrected chi connectivity index (χ1v) is 10.5. The lowest BCUT2D eigenvalue weighted by Gasteiger charge is -2.30. The van der Waals surface area contributed by atoms with Gasteiger partial charge < -0.3 is 4.42 Å². The lowest BCUT2D eigenvalue weighted by Crippen LogP contribution is -2.32. The zero-order valence-electron chi connectivity index (χ0n) is 15.8. The monoisotopic (exact) mass is 390 g/mol. The molecule has 1 aliphatic rings. The SMILES string of the molecule is Cc1ccc(-c2nnc(C3CCN(Cc4cccc5cccnc45)CC3)o2)s1. The van der Waals surface area contributed by atoms with Gasteiger partial charge in [-0.1, -0.05) is 24.3 Å². The number of hydrogen-bond acceptors (Lipinski definition) is 6. The standard InChI is InChI=1S/C22H22N4OS/c1-15-7-8-19(28-15)22-25-24-21(27-22)17-9-12-26(13-10-17)14-18-5-2-4-16-6-3-11-23-20(16)18/h2-8,11,17H,9-10,12-14H2,1H3. The van der Waals surface area contributed by atoms with Crippen molar-refractivity contribution < 1.29 is 4.42 Å². The number of likely N-dealkylation sites (tertiary alicyclic amines) is 1. The average molecular weight is 391 g/mol. The number of hydrogen-bond donors (Lipinski definition) is 0. The minimum atomic E-state index is 0.351. The summed E-state index contributed by atoms with van der Waals surface area (Å²) in [5, 5.41) is 9.81. The van der Waals surface area contributed by atoms with E-state index >= 15 is 0 Å². The number of piperidine rings is 1. The molecule has 4 heterocycles. The number of para-hydroxylation sites is 1. The highest BCUT2D eigenvalue weighted by atomic mass is 32.1. The van der Waals surface area contributed by atoms with Crippen LogP contribution in [0.5, 0.6) is 0 Å². The van der Waals surface area contributed by atoms with Gasteiger partial charge in [-0.15, -0.1) is 21.5 Å². The van der Waals surface area contributed by atoms with Gasteiger partial charge >= 0.3 is 0 Å². The Morgan fingerprint density at radius 3 is 2.75 bits per heavy atom. The van der Waals surface area contributed by atoms with Gasteiger partial charge in [0.2, 0.25) is 5.89 Å². The van der Waals surface area contributed by atoms with E-state index in [0.29, 0.717) is 11.8 Å². The first-order chi connectivity index (χ1) is 13.8. The second kappa shape index (κ2) is 7.45. The highest BCUT2D eigenvalue weighted by molar-refractivity contribution is 7.15. The normalized spacial score (nSPS) is 16.0. The van der Waals surface area contributed by atoms with Crippen LogP contribution in [0.15, 0.2) is 53.1 Å². The topological polar surface area (TPSA) is 55.1 Å². The van der Waals surface area contributed by atoms with Crippen LogP contribution < -0.4 is 0 Å². The summed E-state index contributed by atoms with van der Waals surface area (Å²) in [7, 11) is 0. The molecule has 0 spiro atoms. The fraction of sp³-hybridized carbons (Fsp3) is 0.318. The molecule has 4 aromatic rings. The quantitative estimate of drug-likeness (QED) is 0.489. The Balaban J connectivity index is 1.25. The molecule has 28 heavy (non-hydrogen) atoms. The van der Waals surface area contributed by atoms with E-state index in [9.17, 15) is 0 Å². The molecule has 0 amide bonds. The second-order valence-electron chi connectivity index (χ2n) is 7.40. The molecular formula is C22H22N4OS. The summed E-state index contributed by atoms with van der Waals surface area (Å²) < 4.78 is 5.99. The number of aromatic nitrogens is 3. The van der Waals surface area contributed by atoms with Gasteiger partial charge in [-0.05, 0) is 56.6 Å². The molecular weight excluding hydrogens is 368 g/mol. The molecule has 1 saturated heterocycles. The zero-order chi connectivity index (χ0) is 18.9. The van der Waals surface area contributed by atoms with Crippen molar-refractivity contribution in [2.45, 2.75) is 32.2 Å². The molecule has 0 atom stereocenters. The number of aryl methyl sites for hydroxylation is 1. The minimum Gasteiger partial charge on any atom is -0.420 e. The third-order valence-corrected chi connectivity index (χ3v) is 6.43. The van der Waals surface area contributed by atoms with Crippen molar-refractivity contribution in [2.75, 3.05) is 13.1 Å². The van der Waals surface area contributed by atoms with E-state index in [1.165, 1.54) is 15.8 Å². The lowest BCUT2D eigenvalue weighted by atomic mass is 9.96. The van der Waals surface area contributed by atoms with Crippen LogP contribution in [0.2, 0.25) is 0 Å². The van der Waals surface area contributed by atoms with E-state index in [0.717, 1.165) is 48.8 Å². The largest absolute Gasteiger partial charge is 0.420 e. The molecule has 0 radical (unpaired) electrons. The van der Waals surface area contributed by atoms with Gasteiger partial charge in [-0.25, -0.2) is 0 Å². The first kappa shape index (κ1) is 17.5. The Morgan fingerprint density at radius 2 is 1.93 bits per heavy atom. The van der Waals surface area contributed by atoms with E-state index in [2.05, 4.69) is 63.4 Å². The molecule has 0 unspecified atom stereocenters. The van der Waals surface area contributed by atoms with Crippen LogP contribution in [0, 0.1) is 6.92 Å². The Hall–Kier alpha value is -2.57. The summed E-state index contributed by atoms with van der Waals surface area (Å²) in [4.78, 5) is 9.39. The summed E-state index contributed by atoms with van der Waals surface area (Å²) in [5.74, 6) is 1.79. The Morgan fingerprint density at radius 1 is 1.07 bits per heavy atom. The molecule has 5 rings (SSSR count). The summed E-state index contributed by atoms with van der Waals surface area (Å²) in [5.41, 5.74) is 2.41. The molecule has 3 aromatic heterocycles. The summed E-state index contributed by atoms with van der Waals surface area (Å²) in [6.07, 6.45) is 3.97. The van der Waals surface area contributed by atoms with Gasteiger partial charge in [0, 0.05) is 28.9 Å². The minimum absolute atomic E-state index is 0.351. The smallest absolute Gasteiger partial charge is 0.257 e. The van der Waals surface area contributed by atoms with E-state index < -0.39 is 0 Å². The van der Waals surface area contributed by atoms with Crippen LogP contribution in [0.1, 0.15) is 35.1 Å². The molecule has 1 fully saturated rings. The molecule has 1 aliphatic heterocycles. The van der Waals surface area contributed by atoms with E-state index in [4.69, 9.17) is 4.42 Å². The van der Waals surface area contributed by atoms with Crippen molar-refractivity contribution in [3.05, 3.63) is 65.0 Å². The zero-order valence-corrected chi connectivity index (χ0v) is 16.7. The van der Waals surface area contributed by atoms with Crippen molar-refractivity contribution >= 4 is 22.2 Å². The average Bonchev–Trinajstić information content (AvgIpc) is 3.38. The predicted octanol–water partition coefficient (Wildman–Crippen LogP) is 5.03. The Bertz CT molecular complexity index is 1090. The van der Waals surface area contributed by atoms with Gasteiger partial charge in [-0.2, -0.15) is 0 Å². The van der Waals surface area contributed by atoms with Crippen molar-refractivity contribution in [1.82, 2.24) is 20.1 Å². The third kappa shape index (κ3) is 3.45. The van der Waals surface area contributed by atoms with Crippen LogP contribution in [0.25, 0.3) is 21.7 Å². The molecule has 0 bridgehead atoms. The number of benzene rings is 1. The molecule has 142 valence electrons. The van der Waals surface area contributed by atoms with Crippen molar-refractivity contribution in [2.24, 2.45) is 0 Å². The molecule has 5 nitrogen and oxygen atoms in total. The fourth-order valence-corrected chi connectivity index (χ4v) is 4.71. The fourth-order valence-electron chi connectivity index (χ4n) is 3.92. The number of thiophene rings is 1. The number of fused-ring (bicyclic) bond motifs is 1. The van der Waals surface area contributed by atoms with Crippen LogP contribution in [-0.2, 0) is 6.54 Å². The lowest BCUT2D eigenvalue weighted by molar-refractivity contribution is 0.193. The summed E-state index contributed by atoms with van der Waals surface area (Å²) in [6, 6.07) is 14.7. The molecule has 6 heteroatoms. The maximum absolute atomic E-state index is 5.99. The first-order valence-electron chi connectivity index (χ1n) is 9.71. The second-order valence-corrected chi connectivity index (χ2v) is 8.69. The van der Waals surface area contributed by atoms with Crippen LogP contribution in [0.3, 0.4) is 0 Å². The van der Waals surface area contributed by atoms with Crippen molar-refractivity contribution in [3.8, 4) is 10.8 Å². The Labute approximate surface area is 168 Å². The van der Waals surface area contributed by atoms with Crippen LogP contribution in [0.4, 0.5) is 0 Å². The molecule has 1 aromatic carbocycles. The van der Waals surface area contributed by atoms with Gasteiger partial charge in [-0.3, -0.25) is 9.88 Å². The summed E-state index contributed by atoms with van der Waals surface area (Å²) in [6.45, 7) is 5.09. The highest BCUT2D eigenvalue weighted by Gasteiger charge is 2.25. The third-order valence-electron chi connectivity index (χ3n) is 5.44. The van der Waals surface area contributed by atoms with E-state index in [1.807, 2.05) is 12.3 Å². The number of nitrogens with zero attached hydrogens (tertiary/aromatic N) is 4. The molecule has 0 N–H and O–H groups in total. The summed E-state index contributed by atoms with van der Waals surface area (Å²) >= 11 is 1.69.